The summed E-state index contributed by atoms with van der Waals surface area (Å²) in [5.41, 5.74) is 7.54. The molecule has 0 fully saturated rings. The summed E-state index contributed by atoms with van der Waals surface area (Å²) in [6, 6.07) is 4.34. The summed E-state index contributed by atoms with van der Waals surface area (Å²) in [5, 5.41) is 2.35. The number of rotatable bonds is 4. The number of amides is 1. The second kappa shape index (κ2) is 5.85. The van der Waals surface area contributed by atoms with Gasteiger partial charge in [-0.15, -0.1) is 0 Å². The molecule has 0 atom stereocenters. The van der Waals surface area contributed by atoms with Gasteiger partial charge in [0, 0.05) is 23.7 Å². The normalized spacial score (nSPS) is 11.3. The lowest BCUT2D eigenvalue weighted by atomic mass is 10.1. The van der Waals surface area contributed by atoms with Crippen molar-refractivity contribution < 1.29 is 18.0 Å². The lowest BCUT2D eigenvalue weighted by Gasteiger charge is -2.09. The fourth-order valence-electron chi connectivity index (χ4n) is 1.21. The van der Waals surface area contributed by atoms with Crippen LogP contribution >= 0.6 is 11.8 Å². The van der Waals surface area contributed by atoms with Crippen LogP contribution in [0.5, 0.6) is 0 Å². The number of hydrogen-bond acceptors (Lipinski definition) is 4. The van der Waals surface area contributed by atoms with E-state index >= 15 is 0 Å². The average molecular weight is 279 g/mol. The Kier molecular flexibility index (Phi) is 4.71. The van der Waals surface area contributed by atoms with Crippen LogP contribution in [-0.2, 0) is 0 Å². The van der Waals surface area contributed by atoms with Crippen LogP contribution in [0.2, 0.25) is 0 Å². The first-order valence-corrected chi connectivity index (χ1v) is 5.92. The van der Waals surface area contributed by atoms with Gasteiger partial charge in [0.15, 0.2) is 0 Å². The molecule has 0 saturated carbocycles. The summed E-state index contributed by atoms with van der Waals surface area (Å²) in [6.45, 7) is -0.0904. The Hall–Kier alpha value is -1.57. The van der Waals surface area contributed by atoms with Gasteiger partial charge in [0.1, 0.15) is 0 Å². The lowest BCUT2D eigenvalue weighted by molar-refractivity contribution is -0.0327. The summed E-state index contributed by atoms with van der Waals surface area (Å²) < 4.78 is 35.5. The summed E-state index contributed by atoms with van der Waals surface area (Å²) in [4.78, 5) is 11.6. The number of hydrogen-bond donors (Lipinski definition) is 3. The van der Waals surface area contributed by atoms with Crippen molar-refractivity contribution in [3.8, 4) is 0 Å². The molecule has 100 valence electrons. The molecule has 0 aliphatic heterocycles. The molecule has 1 rings (SSSR count). The molecule has 0 aliphatic carbocycles. The third-order valence-corrected chi connectivity index (χ3v) is 2.71. The summed E-state index contributed by atoms with van der Waals surface area (Å²) in [5.74, 6) is -0.764. The largest absolute Gasteiger partial charge is 0.441 e. The van der Waals surface area contributed by atoms with E-state index in [1.807, 2.05) is 0 Å². The topological polar surface area (TPSA) is 81.1 Å². The van der Waals surface area contributed by atoms with Crippen molar-refractivity contribution >= 4 is 29.0 Å². The van der Waals surface area contributed by atoms with E-state index in [2.05, 4.69) is 5.32 Å². The maximum Gasteiger partial charge on any atom is 0.441 e. The quantitative estimate of drug-likeness (QED) is 0.580. The van der Waals surface area contributed by atoms with E-state index in [1.165, 1.54) is 18.2 Å². The number of carbonyl (C=O) groups excluding carboxylic acids is 1. The van der Waals surface area contributed by atoms with Crippen LogP contribution in [0.25, 0.3) is 0 Å². The first-order valence-electron chi connectivity index (χ1n) is 4.93. The molecule has 1 aromatic carbocycles. The Morgan fingerprint density at radius 2 is 2.00 bits per heavy atom. The first-order chi connectivity index (χ1) is 8.29. The van der Waals surface area contributed by atoms with Gasteiger partial charge in [0.2, 0.25) is 0 Å². The minimum Gasteiger partial charge on any atom is -0.399 e. The average Bonchev–Trinajstić information content (AvgIpc) is 2.22. The van der Waals surface area contributed by atoms with Crippen LogP contribution in [0.3, 0.4) is 0 Å². The van der Waals surface area contributed by atoms with E-state index in [9.17, 15) is 18.0 Å². The molecular weight excluding hydrogens is 267 g/mol. The van der Waals surface area contributed by atoms with Gasteiger partial charge in [-0.2, -0.15) is 13.2 Å². The molecular formula is C10H12F3N3OS. The number of nitrogens with two attached hydrogens (primary N) is 2. The van der Waals surface area contributed by atoms with Gasteiger partial charge in [-0.25, -0.2) is 0 Å². The zero-order valence-electron chi connectivity index (χ0n) is 9.25. The minimum absolute atomic E-state index is 0.0904. The highest BCUT2D eigenvalue weighted by atomic mass is 32.2. The van der Waals surface area contributed by atoms with Crippen molar-refractivity contribution in [2.45, 2.75) is 5.51 Å². The molecule has 0 aliphatic rings. The van der Waals surface area contributed by atoms with Crippen LogP contribution in [-0.4, -0.2) is 23.7 Å². The Balaban J connectivity index is 2.46. The molecule has 18 heavy (non-hydrogen) atoms. The van der Waals surface area contributed by atoms with Crippen LogP contribution < -0.4 is 16.8 Å². The summed E-state index contributed by atoms with van der Waals surface area (Å²) in [6.07, 6.45) is 0. The minimum atomic E-state index is -4.29. The van der Waals surface area contributed by atoms with Gasteiger partial charge < -0.3 is 16.8 Å². The van der Waals surface area contributed by atoms with Gasteiger partial charge >= 0.3 is 5.51 Å². The van der Waals surface area contributed by atoms with Crippen molar-refractivity contribution in [3.63, 3.8) is 0 Å². The van der Waals surface area contributed by atoms with E-state index < -0.39 is 11.4 Å². The molecule has 0 heterocycles. The standard InChI is InChI=1S/C10H12F3N3OS/c11-10(12,13)18-4-3-16-9(17)7-2-1-6(14)5-8(7)15/h1-2,5H,3-4,14-15H2,(H,16,17). The molecule has 5 N–H and O–H groups in total. The Labute approximate surface area is 106 Å². The maximum atomic E-state index is 11.8. The number of nitrogens with one attached hydrogen (secondary N) is 1. The highest BCUT2D eigenvalue weighted by Crippen LogP contribution is 2.29. The molecule has 4 nitrogen and oxygen atoms in total. The molecule has 0 aromatic heterocycles. The molecule has 1 amide bonds. The van der Waals surface area contributed by atoms with Gasteiger partial charge in [-0.3, -0.25) is 4.79 Å². The van der Waals surface area contributed by atoms with Crippen LogP contribution in [0.1, 0.15) is 10.4 Å². The first kappa shape index (κ1) is 14.5. The van der Waals surface area contributed by atoms with Crippen LogP contribution in [0, 0.1) is 0 Å². The Morgan fingerprint density at radius 3 is 2.56 bits per heavy atom. The van der Waals surface area contributed by atoms with Gasteiger partial charge in [-0.05, 0) is 30.0 Å². The second-order valence-electron chi connectivity index (χ2n) is 3.40. The third kappa shape index (κ3) is 4.74. The number of nitrogen functional groups attached to an aromatic ring is 2. The van der Waals surface area contributed by atoms with Crippen molar-refractivity contribution in [2.24, 2.45) is 0 Å². The lowest BCUT2D eigenvalue weighted by Crippen LogP contribution is -2.27. The van der Waals surface area contributed by atoms with Gasteiger partial charge in [0.25, 0.3) is 5.91 Å². The van der Waals surface area contributed by atoms with Crippen molar-refractivity contribution in [2.75, 3.05) is 23.8 Å². The van der Waals surface area contributed by atoms with E-state index in [-0.39, 0.29) is 35.3 Å². The Bertz CT molecular complexity index is 437. The molecule has 0 unspecified atom stereocenters. The summed E-state index contributed by atoms with van der Waals surface area (Å²) in [7, 11) is 0. The third-order valence-electron chi connectivity index (χ3n) is 1.97. The van der Waals surface area contributed by atoms with Crippen molar-refractivity contribution in [3.05, 3.63) is 23.8 Å². The summed E-state index contributed by atoms with van der Waals surface area (Å²) >= 11 is -0.189. The van der Waals surface area contributed by atoms with E-state index in [4.69, 9.17) is 11.5 Å². The highest BCUT2D eigenvalue weighted by Gasteiger charge is 2.27. The molecule has 1 aromatic rings. The SMILES string of the molecule is Nc1ccc(C(=O)NCCSC(F)(F)F)c(N)c1. The number of thioether (sulfide) groups is 1. The van der Waals surface area contributed by atoms with E-state index in [1.54, 1.807) is 0 Å². The molecule has 8 heteroatoms. The monoisotopic (exact) mass is 279 g/mol. The predicted octanol–water partition coefficient (Wildman–Crippen LogP) is 1.83. The Morgan fingerprint density at radius 1 is 1.33 bits per heavy atom. The number of carbonyl (C=O) groups is 1. The highest BCUT2D eigenvalue weighted by molar-refractivity contribution is 8.00. The second-order valence-corrected chi connectivity index (χ2v) is 4.56. The van der Waals surface area contributed by atoms with Gasteiger partial charge in [0.05, 0.1) is 5.56 Å². The van der Waals surface area contributed by atoms with Crippen molar-refractivity contribution in [1.29, 1.82) is 0 Å². The molecule has 0 bridgehead atoms. The maximum absolute atomic E-state index is 11.8. The number of benzene rings is 1. The zero-order valence-corrected chi connectivity index (χ0v) is 10.1. The molecule has 0 saturated heterocycles. The fraction of sp³-hybridized carbons (Fsp3) is 0.300. The predicted molar refractivity (Wildman–Crippen MR) is 66.1 cm³/mol. The molecule has 0 spiro atoms. The number of anilines is 2. The van der Waals surface area contributed by atoms with E-state index in [0.717, 1.165) is 0 Å². The fourth-order valence-corrected chi connectivity index (χ4v) is 1.65. The molecule has 0 radical (unpaired) electrons. The zero-order chi connectivity index (χ0) is 13.8. The van der Waals surface area contributed by atoms with Crippen LogP contribution in [0.4, 0.5) is 24.5 Å². The van der Waals surface area contributed by atoms with Crippen molar-refractivity contribution in [1.82, 2.24) is 5.32 Å². The van der Waals surface area contributed by atoms with Gasteiger partial charge in [-0.1, -0.05) is 0 Å². The van der Waals surface area contributed by atoms with E-state index in [0.29, 0.717) is 5.69 Å². The number of alkyl halides is 3. The van der Waals surface area contributed by atoms with Crippen LogP contribution in [0.15, 0.2) is 18.2 Å². The smallest absolute Gasteiger partial charge is 0.399 e. The number of halogens is 3.